The van der Waals surface area contributed by atoms with E-state index < -0.39 is 12.2 Å². The van der Waals surface area contributed by atoms with Crippen LogP contribution in [0.2, 0.25) is 0 Å². The van der Waals surface area contributed by atoms with E-state index in [-0.39, 0.29) is 10.9 Å². The number of hydrogen-bond donors (Lipinski definition) is 2. The van der Waals surface area contributed by atoms with Gasteiger partial charge in [0.05, 0.1) is 27.4 Å². The summed E-state index contributed by atoms with van der Waals surface area (Å²) in [5.41, 5.74) is 0.367. The van der Waals surface area contributed by atoms with Gasteiger partial charge in [0.15, 0.2) is 16.6 Å². The minimum absolute atomic E-state index is 0.0913. The third-order valence-electron chi connectivity index (χ3n) is 2.88. The molecule has 2 N–H and O–H groups in total. The molecule has 0 radical (unpaired) electrons. The summed E-state index contributed by atoms with van der Waals surface area (Å²) in [5, 5.41) is 20.1. The number of ether oxygens (including phenoxy) is 3. The maximum Gasteiger partial charge on any atom is 0.185 e. The first kappa shape index (κ1) is 17.6. The van der Waals surface area contributed by atoms with Gasteiger partial charge in [0.1, 0.15) is 11.9 Å². The molecule has 0 saturated heterocycles. The van der Waals surface area contributed by atoms with Crippen LogP contribution in [0.3, 0.4) is 0 Å². The zero-order chi connectivity index (χ0) is 16.0. The number of benzene rings is 1. The number of aliphatic hydroxyl groups is 2. The standard InChI is InChI=1S/C14H20O6S/c1-8(15)21-7-10(16)14(17)9-5-12(19-3)13(20-4)6-11(9)18-2/h5-6,10,14,16-17H,7H2,1-4H3. The Balaban J connectivity index is 3.06. The summed E-state index contributed by atoms with van der Waals surface area (Å²) in [6, 6.07) is 3.12. The molecule has 0 aliphatic heterocycles. The molecule has 0 amide bonds. The molecule has 0 heterocycles. The number of hydrogen-bond acceptors (Lipinski definition) is 7. The highest BCUT2D eigenvalue weighted by atomic mass is 32.2. The largest absolute Gasteiger partial charge is 0.496 e. The number of aliphatic hydroxyl groups excluding tert-OH is 2. The fraction of sp³-hybridized carbons (Fsp3) is 0.500. The Bertz CT molecular complexity index is 491. The van der Waals surface area contributed by atoms with Gasteiger partial charge in [-0.3, -0.25) is 4.79 Å². The molecule has 2 atom stereocenters. The van der Waals surface area contributed by atoms with Crippen molar-refractivity contribution in [1.29, 1.82) is 0 Å². The predicted octanol–water partition coefficient (Wildman–Crippen LogP) is 1.39. The van der Waals surface area contributed by atoms with E-state index in [1.54, 1.807) is 12.1 Å². The first-order valence-corrected chi connectivity index (χ1v) is 7.22. The molecule has 0 aliphatic carbocycles. The Morgan fingerprint density at radius 1 is 1.10 bits per heavy atom. The zero-order valence-corrected chi connectivity index (χ0v) is 13.3. The second kappa shape index (κ2) is 8.11. The Hall–Kier alpha value is -1.44. The van der Waals surface area contributed by atoms with Gasteiger partial charge in [0.25, 0.3) is 0 Å². The normalized spacial score (nSPS) is 13.4. The minimum atomic E-state index is -1.20. The second-order valence-corrected chi connectivity index (χ2v) is 5.46. The molecule has 1 rings (SSSR count). The summed E-state index contributed by atoms with van der Waals surface area (Å²) >= 11 is 0.948. The smallest absolute Gasteiger partial charge is 0.185 e. The summed E-state index contributed by atoms with van der Waals surface area (Å²) in [5.74, 6) is 1.33. The van der Waals surface area contributed by atoms with Gasteiger partial charge in [-0.2, -0.15) is 0 Å². The van der Waals surface area contributed by atoms with Gasteiger partial charge < -0.3 is 24.4 Å². The highest BCUT2D eigenvalue weighted by Crippen LogP contribution is 2.38. The molecule has 1 aromatic carbocycles. The Labute approximate surface area is 128 Å². The maximum atomic E-state index is 10.9. The van der Waals surface area contributed by atoms with Crippen molar-refractivity contribution in [2.24, 2.45) is 0 Å². The summed E-state index contributed by atoms with van der Waals surface area (Å²) in [6.45, 7) is 1.40. The van der Waals surface area contributed by atoms with E-state index in [0.717, 1.165) is 11.8 Å². The van der Waals surface area contributed by atoms with Crippen LogP contribution < -0.4 is 14.2 Å². The van der Waals surface area contributed by atoms with E-state index in [2.05, 4.69) is 0 Å². The van der Waals surface area contributed by atoms with Crippen molar-refractivity contribution in [2.75, 3.05) is 27.1 Å². The van der Waals surface area contributed by atoms with Crippen molar-refractivity contribution in [1.82, 2.24) is 0 Å². The fourth-order valence-corrected chi connectivity index (χ4v) is 2.37. The van der Waals surface area contributed by atoms with Crippen LogP contribution in [0, 0.1) is 0 Å². The number of thioether (sulfide) groups is 1. The first-order chi connectivity index (χ1) is 9.94. The molecule has 0 fully saturated rings. The highest BCUT2D eigenvalue weighted by Gasteiger charge is 2.24. The monoisotopic (exact) mass is 316 g/mol. The number of rotatable bonds is 7. The molecule has 118 valence electrons. The van der Waals surface area contributed by atoms with Gasteiger partial charge >= 0.3 is 0 Å². The lowest BCUT2D eigenvalue weighted by Gasteiger charge is -2.21. The predicted molar refractivity (Wildman–Crippen MR) is 80.2 cm³/mol. The molecule has 7 heteroatoms. The van der Waals surface area contributed by atoms with Crippen LogP contribution in [0.25, 0.3) is 0 Å². The quantitative estimate of drug-likeness (QED) is 0.786. The third kappa shape index (κ3) is 4.52. The molecule has 0 aliphatic rings. The Morgan fingerprint density at radius 2 is 1.62 bits per heavy atom. The zero-order valence-electron chi connectivity index (χ0n) is 12.5. The Kier molecular flexibility index (Phi) is 6.80. The van der Waals surface area contributed by atoms with E-state index in [4.69, 9.17) is 14.2 Å². The molecule has 1 aromatic rings. The third-order valence-corrected chi connectivity index (χ3v) is 3.79. The van der Waals surface area contributed by atoms with Crippen LogP contribution in [0.5, 0.6) is 17.2 Å². The van der Waals surface area contributed by atoms with Crippen LogP contribution in [0.1, 0.15) is 18.6 Å². The van der Waals surface area contributed by atoms with E-state index in [0.29, 0.717) is 22.8 Å². The molecule has 21 heavy (non-hydrogen) atoms. The van der Waals surface area contributed by atoms with Crippen molar-refractivity contribution in [3.05, 3.63) is 17.7 Å². The minimum Gasteiger partial charge on any atom is -0.496 e. The lowest BCUT2D eigenvalue weighted by molar-refractivity contribution is -0.109. The second-order valence-electron chi connectivity index (χ2n) is 4.26. The van der Waals surface area contributed by atoms with Gasteiger partial charge in [0, 0.05) is 24.3 Å². The van der Waals surface area contributed by atoms with Crippen molar-refractivity contribution in [3.8, 4) is 17.2 Å². The van der Waals surface area contributed by atoms with Crippen LogP contribution in [-0.4, -0.2) is 48.5 Å². The Morgan fingerprint density at radius 3 is 2.10 bits per heavy atom. The lowest BCUT2D eigenvalue weighted by atomic mass is 10.0. The molecule has 0 saturated carbocycles. The molecule has 0 spiro atoms. The summed E-state index contributed by atoms with van der Waals surface area (Å²) in [6.07, 6.45) is -2.31. The SMILES string of the molecule is COc1cc(OC)c(C(O)C(O)CSC(C)=O)cc1OC. The molecule has 2 unspecified atom stereocenters. The lowest BCUT2D eigenvalue weighted by Crippen LogP contribution is -2.22. The molecule has 0 bridgehead atoms. The topological polar surface area (TPSA) is 85.2 Å². The maximum absolute atomic E-state index is 10.9. The van der Waals surface area contributed by atoms with Crippen molar-refractivity contribution < 1.29 is 29.2 Å². The molecule has 0 aromatic heterocycles. The molecular weight excluding hydrogens is 296 g/mol. The highest BCUT2D eigenvalue weighted by molar-refractivity contribution is 8.13. The van der Waals surface area contributed by atoms with Gasteiger partial charge in [-0.1, -0.05) is 11.8 Å². The van der Waals surface area contributed by atoms with E-state index in [1.807, 2.05) is 0 Å². The van der Waals surface area contributed by atoms with Crippen LogP contribution in [0.4, 0.5) is 0 Å². The van der Waals surface area contributed by atoms with Crippen LogP contribution in [0.15, 0.2) is 12.1 Å². The average Bonchev–Trinajstić information content (AvgIpc) is 2.50. The van der Waals surface area contributed by atoms with Crippen molar-refractivity contribution in [2.45, 2.75) is 19.1 Å². The van der Waals surface area contributed by atoms with Crippen LogP contribution in [-0.2, 0) is 4.79 Å². The number of carbonyl (C=O) groups excluding carboxylic acids is 1. The van der Waals surface area contributed by atoms with Crippen molar-refractivity contribution in [3.63, 3.8) is 0 Å². The summed E-state index contributed by atoms with van der Waals surface area (Å²) in [7, 11) is 4.42. The van der Waals surface area contributed by atoms with E-state index in [9.17, 15) is 15.0 Å². The van der Waals surface area contributed by atoms with Crippen molar-refractivity contribution >= 4 is 16.9 Å². The van der Waals surface area contributed by atoms with Gasteiger partial charge in [0.2, 0.25) is 0 Å². The van der Waals surface area contributed by atoms with Gasteiger partial charge in [-0.15, -0.1) is 0 Å². The van der Waals surface area contributed by atoms with E-state index >= 15 is 0 Å². The number of methoxy groups -OCH3 is 3. The summed E-state index contributed by atoms with van der Waals surface area (Å²) < 4.78 is 15.5. The van der Waals surface area contributed by atoms with Crippen LogP contribution >= 0.6 is 11.8 Å². The fourth-order valence-electron chi connectivity index (χ4n) is 1.79. The first-order valence-electron chi connectivity index (χ1n) is 6.24. The van der Waals surface area contributed by atoms with Gasteiger partial charge in [-0.25, -0.2) is 0 Å². The number of carbonyl (C=O) groups is 1. The molecular formula is C14H20O6S. The average molecular weight is 316 g/mol. The summed E-state index contributed by atoms with van der Waals surface area (Å²) in [4.78, 5) is 10.9. The molecule has 6 nitrogen and oxygen atoms in total. The van der Waals surface area contributed by atoms with Gasteiger partial charge in [-0.05, 0) is 6.07 Å². The van der Waals surface area contributed by atoms with E-state index in [1.165, 1.54) is 28.3 Å².